The number of rotatable bonds is 2. The molecule has 0 aromatic heterocycles. The maximum absolute atomic E-state index is 11.1. The number of aliphatic hydroxyl groups excluding tert-OH is 1. The number of hydrogen-bond donors (Lipinski definition) is 2. The van der Waals surface area contributed by atoms with Gasteiger partial charge < -0.3 is 10.4 Å². The van der Waals surface area contributed by atoms with Gasteiger partial charge in [0, 0.05) is 23.4 Å². The largest absolute Gasteiger partial charge is 0.507 e. The lowest BCUT2D eigenvalue weighted by molar-refractivity contribution is -0.110. The van der Waals surface area contributed by atoms with Crippen molar-refractivity contribution in [3.05, 3.63) is 47.3 Å². The molecule has 0 radical (unpaired) electrons. The highest BCUT2D eigenvalue weighted by molar-refractivity contribution is 5.50. The minimum atomic E-state index is 0.120. The van der Waals surface area contributed by atoms with E-state index in [0.717, 1.165) is 25.0 Å². The van der Waals surface area contributed by atoms with Gasteiger partial charge in [-0.3, -0.25) is 0 Å². The Kier molecular flexibility index (Phi) is 3.45. The predicted molar refractivity (Wildman–Crippen MR) is 99.7 cm³/mol. The summed E-state index contributed by atoms with van der Waals surface area (Å²) in [6.07, 6.45) is 10.1. The molecule has 2 fully saturated rings. The van der Waals surface area contributed by atoms with Crippen LogP contribution in [0.4, 0.5) is 0 Å². The first-order chi connectivity index (χ1) is 11.4. The SMILES string of the molecule is C=C/C(C)=C(/O)C1=C(C)CC2NCC34C=CCC(C)C(C)C1(C3)C24. The molecule has 2 bridgehead atoms. The van der Waals surface area contributed by atoms with Crippen LogP contribution in [0.5, 0.6) is 0 Å². The molecule has 0 aromatic rings. The molecule has 4 rings (SSSR count). The van der Waals surface area contributed by atoms with Crippen molar-refractivity contribution in [1.82, 2.24) is 5.32 Å². The lowest BCUT2D eigenvalue weighted by Crippen LogP contribution is -2.64. The zero-order chi connectivity index (χ0) is 17.3. The van der Waals surface area contributed by atoms with Gasteiger partial charge >= 0.3 is 0 Å². The van der Waals surface area contributed by atoms with Crippen LogP contribution in [-0.4, -0.2) is 17.7 Å². The average Bonchev–Trinajstić information content (AvgIpc) is 2.84. The zero-order valence-corrected chi connectivity index (χ0v) is 15.5. The van der Waals surface area contributed by atoms with Gasteiger partial charge in [0.15, 0.2) is 0 Å². The lowest BCUT2D eigenvalue weighted by atomic mass is 9.35. The summed E-state index contributed by atoms with van der Waals surface area (Å²) in [5.41, 5.74) is 3.98. The number of aliphatic hydroxyl groups is 1. The average molecular weight is 325 g/mol. The van der Waals surface area contributed by atoms with E-state index in [1.165, 1.54) is 17.6 Å². The topological polar surface area (TPSA) is 32.3 Å². The van der Waals surface area contributed by atoms with Crippen LogP contribution in [0.3, 0.4) is 0 Å². The molecule has 0 aromatic carbocycles. The fourth-order valence-corrected chi connectivity index (χ4v) is 6.62. The van der Waals surface area contributed by atoms with Gasteiger partial charge in [0.25, 0.3) is 0 Å². The summed E-state index contributed by atoms with van der Waals surface area (Å²) in [5.74, 6) is 2.34. The van der Waals surface area contributed by atoms with Crippen molar-refractivity contribution in [1.29, 1.82) is 0 Å². The molecule has 3 aliphatic carbocycles. The summed E-state index contributed by atoms with van der Waals surface area (Å²) in [7, 11) is 0. The smallest absolute Gasteiger partial charge is 0.122 e. The Morgan fingerprint density at radius 2 is 2.17 bits per heavy atom. The summed E-state index contributed by atoms with van der Waals surface area (Å²) in [5, 5.41) is 14.9. The first kappa shape index (κ1) is 16.2. The van der Waals surface area contributed by atoms with Crippen LogP contribution in [0.15, 0.2) is 47.3 Å². The minimum Gasteiger partial charge on any atom is -0.507 e. The van der Waals surface area contributed by atoms with E-state index in [-0.39, 0.29) is 5.41 Å². The van der Waals surface area contributed by atoms with Crippen LogP contribution in [0.2, 0.25) is 0 Å². The molecule has 1 heterocycles. The molecule has 2 heteroatoms. The van der Waals surface area contributed by atoms with Gasteiger partial charge in [0.05, 0.1) is 0 Å². The molecule has 0 amide bonds. The maximum atomic E-state index is 11.1. The molecule has 1 saturated carbocycles. The van der Waals surface area contributed by atoms with E-state index in [9.17, 15) is 5.11 Å². The van der Waals surface area contributed by atoms with Gasteiger partial charge in [0.2, 0.25) is 0 Å². The number of nitrogens with one attached hydrogen (secondary N) is 1. The van der Waals surface area contributed by atoms with Crippen molar-refractivity contribution >= 4 is 0 Å². The minimum absolute atomic E-state index is 0.120. The van der Waals surface area contributed by atoms with Crippen LogP contribution in [0.25, 0.3) is 0 Å². The monoisotopic (exact) mass is 325 g/mol. The molecular formula is C22H31NO. The highest BCUT2D eigenvalue weighted by Gasteiger charge is 2.72. The van der Waals surface area contributed by atoms with Crippen molar-refractivity contribution in [2.45, 2.75) is 53.0 Å². The fourth-order valence-electron chi connectivity index (χ4n) is 6.62. The standard InChI is InChI=1S/C22H31NO/c1-6-13(2)19(24)18-15(4)10-17-20-21(12-23-17)9-7-8-14(3)16(5)22(18,20)11-21/h6-7,9,14,16-17,20,23-24H,1,8,10-12H2,2-5H3/b9-7?,19-13+. The Morgan fingerprint density at radius 3 is 2.88 bits per heavy atom. The van der Waals surface area contributed by atoms with Gasteiger partial charge in [-0.15, -0.1) is 0 Å². The molecule has 24 heavy (non-hydrogen) atoms. The van der Waals surface area contributed by atoms with Crippen LogP contribution in [0.1, 0.15) is 47.0 Å². The molecule has 130 valence electrons. The summed E-state index contributed by atoms with van der Waals surface area (Å²) < 4.78 is 0. The second-order valence-electron chi connectivity index (χ2n) is 8.91. The van der Waals surface area contributed by atoms with E-state index in [2.05, 4.69) is 44.8 Å². The van der Waals surface area contributed by atoms with Crippen LogP contribution in [0, 0.1) is 28.6 Å². The summed E-state index contributed by atoms with van der Waals surface area (Å²) >= 11 is 0. The highest BCUT2D eigenvalue weighted by Crippen LogP contribution is 2.74. The molecule has 4 aliphatic rings. The Morgan fingerprint density at radius 1 is 1.42 bits per heavy atom. The third-order valence-corrected chi connectivity index (χ3v) is 7.85. The molecule has 2 spiro atoms. The van der Waals surface area contributed by atoms with E-state index < -0.39 is 0 Å². The number of hydrogen-bond acceptors (Lipinski definition) is 2. The van der Waals surface area contributed by atoms with Gasteiger partial charge in [-0.25, -0.2) is 0 Å². The van der Waals surface area contributed by atoms with Gasteiger partial charge in [0.1, 0.15) is 5.76 Å². The van der Waals surface area contributed by atoms with Gasteiger partial charge in [-0.05, 0) is 62.0 Å². The van der Waals surface area contributed by atoms with Crippen molar-refractivity contribution in [2.24, 2.45) is 28.6 Å². The third-order valence-electron chi connectivity index (χ3n) is 7.85. The summed E-state index contributed by atoms with van der Waals surface area (Å²) in [6.45, 7) is 14.0. The molecule has 6 atom stereocenters. The Bertz CT molecular complexity index is 684. The third kappa shape index (κ3) is 1.76. The Labute approximate surface area is 146 Å². The Balaban J connectivity index is 1.95. The second-order valence-corrected chi connectivity index (χ2v) is 8.91. The lowest BCUT2D eigenvalue weighted by Gasteiger charge is -2.67. The van der Waals surface area contributed by atoms with Crippen molar-refractivity contribution in [3.8, 4) is 0 Å². The first-order valence-corrected chi connectivity index (χ1v) is 9.51. The van der Waals surface area contributed by atoms with E-state index in [4.69, 9.17) is 0 Å². The molecule has 6 unspecified atom stereocenters. The molecule has 2 N–H and O–H groups in total. The van der Waals surface area contributed by atoms with Crippen LogP contribution >= 0.6 is 0 Å². The summed E-state index contributed by atoms with van der Waals surface area (Å²) in [4.78, 5) is 0. The van der Waals surface area contributed by atoms with Gasteiger partial charge in [-0.2, -0.15) is 0 Å². The summed E-state index contributed by atoms with van der Waals surface area (Å²) in [6, 6.07) is 0.566. The van der Waals surface area contributed by atoms with E-state index >= 15 is 0 Å². The zero-order valence-electron chi connectivity index (χ0n) is 15.5. The normalized spacial score (nSPS) is 47.3. The number of allylic oxidation sites excluding steroid dienone is 4. The fraction of sp³-hybridized carbons (Fsp3) is 0.636. The quantitative estimate of drug-likeness (QED) is 0.429. The van der Waals surface area contributed by atoms with Crippen LogP contribution < -0.4 is 5.32 Å². The predicted octanol–water partition coefficient (Wildman–Crippen LogP) is 4.92. The van der Waals surface area contributed by atoms with Crippen molar-refractivity contribution < 1.29 is 5.11 Å². The van der Waals surface area contributed by atoms with Crippen LogP contribution in [-0.2, 0) is 0 Å². The van der Waals surface area contributed by atoms with Gasteiger partial charge in [-0.1, -0.05) is 44.2 Å². The van der Waals surface area contributed by atoms with E-state index in [1.807, 2.05) is 6.92 Å². The maximum Gasteiger partial charge on any atom is 0.122 e. The molecular weight excluding hydrogens is 294 g/mol. The molecule has 1 aliphatic heterocycles. The van der Waals surface area contributed by atoms with E-state index in [1.54, 1.807) is 6.08 Å². The van der Waals surface area contributed by atoms with Crippen molar-refractivity contribution in [2.75, 3.05) is 6.54 Å². The second kappa shape index (κ2) is 5.11. The highest BCUT2D eigenvalue weighted by atomic mass is 16.3. The molecule has 1 saturated heterocycles. The Hall–Kier alpha value is -1.28. The molecule has 2 nitrogen and oxygen atoms in total. The van der Waals surface area contributed by atoms with E-state index in [0.29, 0.717) is 35.0 Å². The van der Waals surface area contributed by atoms with Crippen molar-refractivity contribution in [3.63, 3.8) is 0 Å². The first-order valence-electron chi connectivity index (χ1n) is 9.51.